The second-order valence-electron chi connectivity index (χ2n) is 7.95. The molecule has 0 N–H and O–H groups in total. The normalized spacial score (nSPS) is 16.3. The number of fused-ring (bicyclic) bond motifs is 4. The number of para-hydroxylation sites is 2. The number of rotatable bonds is 4. The van der Waals surface area contributed by atoms with E-state index in [0.717, 1.165) is 41.9 Å². The molecule has 0 amide bonds. The molecule has 8 nitrogen and oxygen atoms in total. The Balaban J connectivity index is 1.66. The Hall–Kier alpha value is -3.78. The molecule has 4 heterocycles. The highest BCUT2D eigenvalue weighted by molar-refractivity contribution is 6.05. The third-order valence-corrected chi connectivity index (χ3v) is 5.99. The summed E-state index contributed by atoms with van der Waals surface area (Å²) in [7, 11) is 1.63. The summed E-state index contributed by atoms with van der Waals surface area (Å²) in [6.45, 7) is 1.22. The molecule has 1 saturated heterocycles. The van der Waals surface area contributed by atoms with Gasteiger partial charge in [-0.15, -0.1) is 0 Å². The maximum atomic E-state index is 13.6. The Morgan fingerprint density at radius 3 is 2.56 bits per heavy atom. The first-order chi connectivity index (χ1) is 15.7. The highest BCUT2D eigenvalue weighted by Crippen LogP contribution is 2.29. The van der Waals surface area contributed by atoms with E-state index in [0.29, 0.717) is 28.7 Å². The Bertz CT molecular complexity index is 1510. The zero-order valence-corrected chi connectivity index (χ0v) is 17.6. The molecule has 1 aliphatic rings. The molecular weight excluding hydrogens is 406 g/mol. The first kappa shape index (κ1) is 18.9. The minimum Gasteiger partial charge on any atom is -0.497 e. The molecule has 6 rings (SSSR count). The monoisotopic (exact) mass is 427 g/mol. The summed E-state index contributed by atoms with van der Waals surface area (Å²) in [4.78, 5) is 28.0. The molecule has 5 aromatic rings. The molecule has 0 spiro atoms. The van der Waals surface area contributed by atoms with Gasteiger partial charge < -0.3 is 9.47 Å². The molecule has 0 unspecified atom stereocenters. The SMILES string of the molecule is COc1ccc(-n2c3nc4ccccc4nc3c3c(=O)n(C[C@@H]4CCCO4)cnc32)cc1. The van der Waals surface area contributed by atoms with Gasteiger partial charge in [0.1, 0.15) is 23.0 Å². The van der Waals surface area contributed by atoms with E-state index < -0.39 is 0 Å². The number of methoxy groups -OCH3 is 1. The third kappa shape index (κ3) is 2.95. The lowest BCUT2D eigenvalue weighted by Crippen LogP contribution is -2.26. The lowest BCUT2D eigenvalue weighted by molar-refractivity contribution is 0.0960. The summed E-state index contributed by atoms with van der Waals surface area (Å²) in [5, 5.41) is 0.467. The molecule has 0 radical (unpaired) electrons. The van der Waals surface area contributed by atoms with Gasteiger partial charge in [0.15, 0.2) is 11.3 Å². The predicted octanol–water partition coefficient (Wildman–Crippen LogP) is 3.47. The summed E-state index contributed by atoms with van der Waals surface area (Å²) in [5.41, 5.74) is 3.89. The van der Waals surface area contributed by atoms with Crippen LogP contribution in [0.4, 0.5) is 0 Å². The minimum absolute atomic E-state index is 0.0359. The van der Waals surface area contributed by atoms with Gasteiger partial charge in [0.2, 0.25) is 0 Å². The quantitative estimate of drug-likeness (QED) is 0.437. The first-order valence-electron chi connectivity index (χ1n) is 10.7. The summed E-state index contributed by atoms with van der Waals surface area (Å²) < 4.78 is 14.6. The van der Waals surface area contributed by atoms with Gasteiger partial charge in [-0.1, -0.05) is 12.1 Å². The second kappa shape index (κ2) is 7.42. The van der Waals surface area contributed by atoms with E-state index >= 15 is 0 Å². The van der Waals surface area contributed by atoms with Crippen LogP contribution in [0.2, 0.25) is 0 Å². The lowest BCUT2D eigenvalue weighted by Gasteiger charge is -2.11. The van der Waals surface area contributed by atoms with Crippen molar-refractivity contribution in [3.8, 4) is 11.4 Å². The van der Waals surface area contributed by atoms with E-state index in [9.17, 15) is 4.79 Å². The molecule has 0 bridgehead atoms. The Morgan fingerprint density at radius 1 is 1.06 bits per heavy atom. The highest BCUT2D eigenvalue weighted by atomic mass is 16.5. The predicted molar refractivity (Wildman–Crippen MR) is 121 cm³/mol. The van der Waals surface area contributed by atoms with Crippen molar-refractivity contribution in [1.29, 1.82) is 0 Å². The fourth-order valence-electron chi connectivity index (χ4n) is 4.39. The summed E-state index contributed by atoms with van der Waals surface area (Å²) in [6, 6.07) is 15.3. The number of hydrogen-bond acceptors (Lipinski definition) is 6. The molecule has 2 aromatic carbocycles. The van der Waals surface area contributed by atoms with Gasteiger partial charge in [0.25, 0.3) is 5.56 Å². The standard InChI is InChI=1S/C24H21N5O3/c1-31-16-10-8-15(9-11-16)29-22-20(21-23(29)27-19-7-3-2-6-18(19)26-21)24(30)28(14-25-22)13-17-5-4-12-32-17/h2-3,6-11,14,17H,4-5,12-13H2,1H3/t17-/m0/s1. The van der Waals surface area contributed by atoms with Crippen LogP contribution in [0, 0.1) is 0 Å². The van der Waals surface area contributed by atoms with Gasteiger partial charge in [-0.05, 0) is 49.2 Å². The van der Waals surface area contributed by atoms with E-state index in [4.69, 9.17) is 19.4 Å². The molecule has 160 valence electrons. The maximum Gasteiger partial charge on any atom is 0.265 e. The van der Waals surface area contributed by atoms with Gasteiger partial charge in [0, 0.05) is 12.3 Å². The van der Waals surface area contributed by atoms with Crippen LogP contribution in [0.25, 0.3) is 38.9 Å². The van der Waals surface area contributed by atoms with Crippen LogP contribution in [0.1, 0.15) is 12.8 Å². The zero-order chi connectivity index (χ0) is 21.7. The van der Waals surface area contributed by atoms with Crippen molar-refractivity contribution < 1.29 is 9.47 Å². The van der Waals surface area contributed by atoms with E-state index in [1.165, 1.54) is 0 Å². The molecule has 0 aliphatic carbocycles. The van der Waals surface area contributed by atoms with Crippen molar-refractivity contribution in [2.24, 2.45) is 0 Å². The van der Waals surface area contributed by atoms with E-state index in [1.807, 2.05) is 53.1 Å². The smallest absolute Gasteiger partial charge is 0.265 e. The van der Waals surface area contributed by atoms with E-state index in [2.05, 4.69) is 4.98 Å². The van der Waals surface area contributed by atoms with Crippen LogP contribution >= 0.6 is 0 Å². The van der Waals surface area contributed by atoms with Gasteiger partial charge >= 0.3 is 0 Å². The number of benzene rings is 2. The van der Waals surface area contributed by atoms with Crippen molar-refractivity contribution in [3.05, 3.63) is 65.2 Å². The Labute approximate surface area is 183 Å². The molecule has 32 heavy (non-hydrogen) atoms. The van der Waals surface area contributed by atoms with E-state index in [-0.39, 0.29) is 11.7 Å². The van der Waals surface area contributed by atoms with Crippen LogP contribution < -0.4 is 10.3 Å². The second-order valence-corrected chi connectivity index (χ2v) is 7.95. The molecule has 1 atom stereocenters. The lowest BCUT2D eigenvalue weighted by atomic mass is 10.2. The summed E-state index contributed by atoms with van der Waals surface area (Å²) in [5.74, 6) is 0.748. The highest BCUT2D eigenvalue weighted by Gasteiger charge is 2.23. The molecule has 8 heteroatoms. The van der Waals surface area contributed by atoms with Crippen LogP contribution in [0.15, 0.2) is 59.7 Å². The average molecular weight is 427 g/mol. The van der Waals surface area contributed by atoms with Crippen LogP contribution in [0.3, 0.4) is 0 Å². The molecular formula is C24H21N5O3. The van der Waals surface area contributed by atoms with E-state index in [1.54, 1.807) is 18.0 Å². The summed E-state index contributed by atoms with van der Waals surface area (Å²) >= 11 is 0. The molecule has 0 saturated carbocycles. The van der Waals surface area contributed by atoms with Gasteiger partial charge in [-0.2, -0.15) is 0 Å². The molecule has 1 fully saturated rings. The van der Waals surface area contributed by atoms with Crippen LogP contribution in [0.5, 0.6) is 5.75 Å². The average Bonchev–Trinajstić information content (AvgIpc) is 3.45. The Morgan fingerprint density at radius 2 is 1.84 bits per heavy atom. The largest absolute Gasteiger partial charge is 0.497 e. The zero-order valence-electron chi connectivity index (χ0n) is 17.6. The van der Waals surface area contributed by atoms with Crippen molar-refractivity contribution in [2.45, 2.75) is 25.5 Å². The van der Waals surface area contributed by atoms with Crippen molar-refractivity contribution in [1.82, 2.24) is 24.1 Å². The Kier molecular flexibility index (Phi) is 4.39. The first-order valence-corrected chi connectivity index (χ1v) is 10.7. The fraction of sp³-hybridized carbons (Fsp3) is 0.250. The van der Waals surface area contributed by atoms with Crippen LogP contribution in [-0.2, 0) is 11.3 Å². The third-order valence-electron chi connectivity index (χ3n) is 5.99. The van der Waals surface area contributed by atoms with Gasteiger partial charge in [-0.3, -0.25) is 13.9 Å². The number of aromatic nitrogens is 5. The number of hydrogen-bond donors (Lipinski definition) is 0. The topological polar surface area (TPSA) is 84.1 Å². The van der Waals surface area contributed by atoms with Crippen LogP contribution in [-0.4, -0.2) is 43.9 Å². The van der Waals surface area contributed by atoms with Crippen molar-refractivity contribution in [3.63, 3.8) is 0 Å². The van der Waals surface area contributed by atoms with Gasteiger partial charge in [-0.25, -0.2) is 15.0 Å². The van der Waals surface area contributed by atoms with Crippen molar-refractivity contribution >= 4 is 33.2 Å². The maximum absolute atomic E-state index is 13.6. The minimum atomic E-state index is -0.132. The van der Waals surface area contributed by atoms with Crippen molar-refractivity contribution in [2.75, 3.05) is 13.7 Å². The van der Waals surface area contributed by atoms with Gasteiger partial charge in [0.05, 0.1) is 30.8 Å². The molecule has 1 aliphatic heterocycles. The number of ether oxygens (including phenoxy) is 2. The summed E-state index contributed by atoms with van der Waals surface area (Å²) in [6.07, 6.45) is 3.60. The number of nitrogens with zero attached hydrogens (tertiary/aromatic N) is 5. The fourth-order valence-corrected chi connectivity index (χ4v) is 4.39. The molecule has 3 aromatic heterocycles.